The zero-order chi connectivity index (χ0) is 15.6. The van der Waals surface area contributed by atoms with E-state index in [0.29, 0.717) is 6.54 Å². The molecule has 1 atom stereocenters. The molecule has 0 spiro atoms. The Labute approximate surface area is 140 Å². The Morgan fingerprint density at radius 2 is 1.96 bits per heavy atom. The van der Waals surface area contributed by atoms with Crippen LogP contribution in [0.15, 0.2) is 30.3 Å². The van der Waals surface area contributed by atoms with E-state index in [2.05, 4.69) is 45.4 Å². The molecule has 2 aliphatic heterocycles. The molecule has 6 heteroatoms. The van der Waals surface area contributed by atoms with Crippen LogP contribution in [-0.2, 0) is 0 Å². The number of aliphatic hydroxyl groups is 1. The number of piperazine rings is 1. The zero-order valence-electron chi connectivity index (χ0n) is 13.1. The third kappa shape index (κ3) is 3.11. The van der Waals surface area contributed by atoms with Gasteiger partial charge in [-0.05, 0) is 11.5 Å². The lowest BCUT2D eigenvalue weighted by atomic mass is 10.1. The maximum absolute atomic E-state index is 10.0. The van der Waals surface area contributed by atoms with Crippen molar-refractivity contribution in [2.24, 2.45) is 0 Å². The molecule has 1 aromatic heterocycles. The number of aliphatic hydroxyl groups excluding tert-OH is 1. The van der Waals surface area contributed by atoms with E-state index in [4.69, 9.17) is 4.98 Å². The molecule has 0 radical (unpaired) electrons. The molecular formula is C17H22N4OS. The van der Waals surface area contributed by atoms with Gasteiger partial charge in [0.2, 0.25) is 0 Å². The Morgan fingerprint density at radius 1 is 1.13 bits per heavy atom. The van der Waals surface area contributed by atoms with Crippen molar-refractivity contribution in [1.29, 1.82) is 0 Å². The summed E-state index contributed by atoms with van der Waals surface area (Å²) in [6.07, 6.45) is 0. The van der Waals surface area contributed by atoms with Crippen molar-refractivity contribution < 1.29 is 5.11 Å². The molecule has 0 saturated carbocycles. The minimum absolute atomic E-state index is 0.327. The number of rotatable bonds is 2. The van der Waals surface area contributed by atoms with Crippen LogP contribution in [0.4, 0.5) is 11.6 Å². The number of thioether (sulfide) groups is 1. The standard InChI is InChI=1S/C17H22N4OS/c22-16-12-21(9-10-23-16)17-14-4-2-1-3-13(14)11-15(19-17)20-7-5-18-6-8-20/h1-4,11,16,18,22H,5-10,12H2. The Kier molecular flexibility index (Phi) is 4.29. The van der Waals surface area contributed by atoms with Crippen molar-refractivity contribution >= 4 is 34.2 Å². The maximum atomic E-state index is 10.0. The van der Waals surface area contributed by atoms with Gasteiger partial charge >= 0.3 is 0 Å². The number of pyridine rings is 1. The number of benzene rings is 1. The lowest BCUT2D eigenvalue weighted by Gasteiger charge is -2.33. The molecule has 23 heavy (non-hydrogen) atoms. The van der Waals surface area contributed by atoms with Crippen LogP contribution >= 0.6 is 11.8 Å². The summed E-state index contributed by atoms with van der Waals surface area (Å²) < 4.78 is 0. The van der Waals surface area contributed by atoms with Crippen molar-refractivity contribution in [2.45, 2.75) is 5.44 Å². The summed E-state index contributed by atoms with van der Waals surface area (Å²) in [5.74, 6) is 3.00. The molecule has 2 saturated heterocycles. The van der Waals surface area contributed by atoms with E-state index in [1.54, 1.807) is 11.8 Å². The lowest BCUT2D eigenvalue weighted by Crippen LogP contribution is -2.44. The van der Waals surface area contributed by atoms with Crippen molar-refractivity contribution in [1.82, 2.24) is 10.3 Å². The minimum Gasteiger partial charge on any atom is -0.381 e. The second kappa shape index (κ2) is 6.55. The van der Waals surface area contributed by atoms with Gasteiger partial charge in [-0.1, -0.05) is 24.3 Å². The topological polar surface area (TPSA) is 51.6 Å². The molecule has 3 heterocycles. The molecule has 4 rings (SSSR count). The number of anilines is 2. The summed E-state index contributed by atoms with van der Waals surface area (Å²) >= 11 is 1.62. The Balaban J connectivity index is 1.77. The van der Waals surface area contributed by atoms with Crippen LogP contribution in [0.2, 0.25) is 0 Å². The molecular weight excluding hydrogens is 308 g/mol. The maximum Gasteiger partial charge on any atom is 0.139 e. The van der Waals surface area contributed by atoms with E-state index < -0.39 is 0 Å². The number of nitrogens with one attached hydrogen (secondary N) is 1. The summed E-state index contributed by atoms with van der Waals surface area (Å²) in [6, 6.07) is 10.6. The first kappa shape index (κ1) is 15.1. The summed E-state index contributed by atoms with van der Waals surface area (Å²) in [4.78, 5) is 9.57. The highest BCUT2D eigenvalue weighted by Crippen LogP contribution is 2.31. The average molecular weight is 330 g/mol. The van der Waals surface area contributed by atoms with E-state index in [-0.39, 0.29) is 5.44 Å². The molecule has 0 aliphatic carbocycles. The number of aromatic nitrogens is 1. The average Bonchev–Trinajstić information content (AvgIpc) is 2.61. The summed E-state index contributed by atoms with van der Waals surface area (Å²) in [6.45, 7) is 5.56. The zero-order valence-corrected chi connectivity index (χ0v) is 13.9. The van der Waals surface area contributed by atoms with Crippen molar-refractivity contribution in [2.75, 3.05) is 54.8 Å². The Bertz CT molecular complexity index is 689. The van der Waals surface area contributed by atoms with Gasteiger partial charge in [0.1, 0.15) is 17.1 Å². The first-order chi connectivity index (χ1) is 11.3. The van der Waals surface area contributed by atoms with Gasteiger partial charge in [0.15, 0.2) is 0 Å². The number of β-amino-alcohol motifs (C(OH)–C–C–N with tert-alkyl or cyclic N) is 1. The molecule has 2 aromatic rings. The lowest BCUT2D eigenvalue weighted by molar-refractivity contribution is 0.264. The van der Waals surface area contributed by atoms with Crippen LogP contribution in [0, 0.1) is 0 Å². The Morgan fingerprint density at radius 3 is 2.78 bits per heavy atom. The molecule has 0 amide bonds. The van der Waals surface area contributed by atoms with Crippen LogP contribution in [0.3, 0.4) is 0 Å². The van der Waals surface area contributed by atoms with E-state index in [0.717, 1.165) is 50.1 Å². The molecule has 1 unspecified atom stereocenters. The van der Waals surface area contributed by atoms with Crippen LogP contribution < -0.4 is 15.1 Å². The fourth-order valence-corrected chi connectivity index (χ4v) is 4.17. The largest absolute Gasteiger partial charge is 0.381 e. The predicted octanol–water partition coefficient (Wildman–Crippen LogP) is 1.52. The van der Waals surface area contributed by atoms with Gasteiger partial charge in [0.25, 0.3) is 0 Å². The van der Waals surface area contributed by atoms with Crippen LogP contribution in [-0.4, -0.2) is 60.5 Å². The van der Waals surface area contributed by atoms with Gasteiger partial charge in [-0.15, -0.1) is 11.8 Å². The third-order valence-corrected chi connectivity index (χ3v) is 5.45. The van der Waals surface area contributed by atoms with Gasteiger partial charge < -0.3 is 20.2 Å². The van der Waals surface area contributed by atoms with E-state index >= 15 is 0 Å². The number of nitrogens with zero attached hydrogens (tertiary/aromatic N) is 3. The fraction of sp³-hybridized carbons (Fsp3) is 0.471. The third-order valence-electron chi connectivity index (χ3n) is 4.50. The number of hydrogen-bond acceptors (Lipinski definition) is 6. The van der Waals surface area contributed by atoms with Crippen molar-refractivity contribution in [3.05, 3.63) is 30.3 Å². The number of fused-ring (bicyclic) bond motifs is 1. The first-order valence-electron chi connectivity index (χ1n) is 8.21. The van der Waals surface area contributed by atoms with Crippen LogP contribution in [0.1, 0.15) is 0 Å². The summed E-state index contributed by atoms with van der Waals surface area (Å²) in [5, 5.41) is 15.8. The van der Waals surface area contributed by atoms with Gasteiger partial charge in [0.05, 0.1) is 6.54 Å². The van der Waals surface area contributed by atoms with Gasteiger partial charge in [-0.25, -0.2) is 4.98 Å². The molecule has 0 bridgehead atoms. The van der Waals surface area contributed by atoms with E-state index in [1.807, 2.05) is 0 Å². The monoisotopic (exact) mass is 330 g/mol. The molecule has 1 aromatic carbocycles. The molecule has 2 N–H and O–H groups in total. The Hall–Kier alpha value is -1.50. The number of hydrogen-bond donors (Lipinski definition) is 2. The smallest absolute Gasteiger partial charge is 0.139 e. The summed E-state index contributed by atoms with van der Waals surface area (Å²) in [7, 11) is 0. The van der Waals surface area contributed by atoms with Gasteiger partial charge in [-0.2, -0.15) is 0 Å². The van der Waals surface area contributed by atoms with E-state index in [9.17, 15) is 5.11 Å². The fourth-order valence-electron chi connectivity index (χ4n) is 3.29. The normalized spacial score (nSPS) is 22.6. The molecule has 2 fully saturated rings. The second-order valence-electron chi connectivity index (χ2n) is 6.03. The van der Waals surface area contributed by atoms with Gasteiger partial charge in [-0.3, -0.25) is 0 Å². The highest BCUT2D eigenvalue weighted by Gasteiger charge is 2.22. The highest BCUT2D eigenvalue weighted by atomic mass is 32.2. The molecule has 122 valence electrons. The minimum atomic E-state index is -0.327. The first-order valence-corrected chi connectivity index (χ1v) is 9.26. The van der Waals surface area contributed by atoms with Gasteiger partial charge in [0, 0.05) is 43.9 Å². The van der Waals surface area contributed by atoms with Crippen molar-refractivity contribution in [3.8, 4) is 0 Å². The summed E-state index contributed by atoms with van der Waals surface area (Å²) in [5.41, 5.74) is -0.327. The highest BCUT2D eigenvalue weighted by molar-refractivity contribution is 7.99. The predicted molar refractivity (Wildman–Crippen MR) is 97.5 cm³/mol. The molecule has 5 nitrogen and oxygen atoms in total. The quantitative estimate of drug-likeness (QED) is 0.871. The SMILES string of the molecule is OC1CN(c2nc(N3CCNCC3)cc3ccccc23)CCS1. The molecule has 2 aliphatic rings. The second-order valence-corrected chi connectivity index (χ2v) is 7.32. The van der Waals surface area contributed by atoms with Crippen LogP contribution in [0.25, 0.3) is 10.8 Å². The van der Waals surface area contributed by atoms with Crippen molar-refractivity contribution in [3.63, 3.8) is 0 Å². The van der Waals surface area contributed by atoms with Crippen LogP contribution in [0.5, 0.6) is 0 Å². The van der Waals surface area contributed by atoms with E-state index in [1.165, 1.54) is 10.8 Å².